The molecule has 2 aromatic carbocycles. The van der Waals surface area contributed by atoms with Crippen molar-refractivity contribution in [2.45, 2.75) is 38.0 Å². The molecule has 1 saturated heterocycles. The van der Waals surface area contributed by atoms with Crippen LogP contribution in [0.4, 0.5) is 4.39 Å². The number of aliphatic hydroxyl groups is 1. The van der Waals surface area contributed by atoms with Gasteiger partial charge in [0.2, 0.25) is 0 Å². The van der Waals surface area contributed by atoms with Gasteiger partial charge in [-0.2, -0.15) is 0 Å². The molecule has 2 atom stereocenters. The molecule has 2 N–H and O–H groups in total. The second-order valence-corrected chi connectivity index (χ2v) is 7.07. The second kappa shape index (κ2) is 7.58. The average Bonchev–Trinajstić information content (AvgIpc) is 3.06. The fraction of sp³-hybridized carbons (Fsp3) is 0.333. The summed E-state index contributed by atoms with van der Waals surface area (Å²) < 4.78 is 15.5. The van der Waals surface area contributed by atoms with Gasteiger partial charge in [-0.1, -0.05) is 24.3 Å². The van der Waals surface area contributed by atoms with Gasteiger partial charge in [0, 0.05) is 18.0 Å². The Kier molecular flexibility index (Phi) is 5.01. The summed E-state index contributed by atoms with van der Waals surface area (Å²) in [5, 5.41) is 13.3. The molecule has 2 heterocycles. The Morgan fingerprint density at radius 2 is 2.15 bits per heavy atom. The predicted octanol–water partition coefficient (Wildman–Crippen LogP) is 2.91. The van der Waals surface area contributed by atoms with E-state index in [0.717, 1.165) is 41.5 Å². The van der Waals surface area contributed by atoms with Crippen LogP contribution in [0.15, 0.2) is 48.8 Å². The Bertz CT molecular complexity index is 969. The van der Waals surface area contributed by atoms with Gasteiger partial charge in [-0.15, -0.1) is 0 Å². The summed E-state index contributed by atoms with van der Waals surface area (Å²) in [5.41, 5.74) is 3.17. The van der Waals surface area contributed by atoms with E-state index in [1.165, 1.54) is 12.1 Å². The number of rotatable bonds is 5. The third-order valence-corrected chi connectivity index (χ3v) is 5.12. The van der Waals surface area contributed by atoms with Crippen molar-refractivity contribution in [2.75, 3.05) is 6.54 Å². The standard InChI is InChI=1S/C21H22FN3O2/c22-15-5-1-4-14(10-15)17-6-2-7-18-21(17)25(13-24-18)12-16(26)11-19-20(27)8-3-9-23-19/h1-2,4-7,10,13,19-20,23,27H,3,8-9,11-12H2/t19-,20+/m1/s1. The van der Waals surface area contributed by atoms with E-state index < -0.39 is 6.10 Å². The van der Waals surface area contributed by atoms with Gasteiger partial charge < -0.3 is 15.0 Å². The second-order valence-electron chi connectivity index (χ2n) is 7.07. The number of ketones is 1. The Morgan fingerprint density at radius 3 is 2.96 bits per heavy atom. The lowest BCUT2D eigenvalue weighted by Gasteiger charge is -2.28. The summed E-state index contributed by atoms with van der Waals surface area (Å²) in [4.78, 5) is 17.0. The molecule has 0 spiro atoms. The molecule has 0 radical (unpaired) electrons. The quantitative estimate of drug-likeness (QED) is 0.728. The van der Waals surface area contributed by atoms with Crippen LogP contribution in [-0.4, -0.2) is 39.1 Å². The molecular weight excluding hydrogens is 345 g/mol. The van der Waals surface area contributed by atoms with E-state index in [1.807, 2.05) is 28.8 Å². The van der Waals surface area contributed by atoms with Crippen molar-refractivity contribution in [3.05, 3.63) is 54.6 Å². The third-order valence-electron chi connectivity index (χ3n) is 5.12. The first-order valence-electron chi connectivity index (χ1n) is 9.25. The zero-order chi connectivity index (χ0) is 18.8. The van der Waals surface area contributed by atoms with Crippen molar-refractivity contribution in [3.63, 3.8) is 0 Å². The molecule has 1 aromatic heterocycles. The van der Waals surface area contributed by atoms with Crippen LogP contribution in [0.3, 0.4) is 0 Å². The maximum atomic E-state index is 13.7. The number of piperidine rings is 1. The highest BCUT2D eigenvalue weighted by molar-refractivity contribution is 5.93. The van der Waals surface area contributed by atoms with Crippen LogP contribution < -0.4 is 5.32 Å². The number of carbonyl (C=O) groups is 1. The maximum absolute atomic E-state index is 13.7. The number of carbonyl (C=O) groups excluding carboxylic acids is 1. The smallest absolute Gasteiger partial charge is 0.154 e. The molecule has 0 aliphatic carbocycles. The number of Topliss-reactive ketones (excluding diaryl/α,β-unsaturated/α-hetero) is 1. The monoisotopic (exact) mass is 367 g/mol. The summed E-state index contributed by atoms with van der Waals surface area (Å²) in [5.74, 6) is -0.272. The van der Waals surface area contributed by atoms with E-state index in [-0.39, 0.29) is 30.6 Å². The number of hydrogen-bond acceptors (Lipinski definition) is 4. The number of hydrogen-bond donors (Lipinski definition) is 2. The first-order chi connectivity index (χ1) is 13.1. The molecule has 6 heteroatoms. The molecule has 140 valence electrons. The van der Waals surface area contributed by atoms with Gasteiger partial charge in [-0.05, 0) is 43.1 Å². The van der Waals surface area contributed by atoms with Crippen LogP contribution in [0.1, 0.15) is 19.3 Å². The van der Waals surface area contributed by atoms with Crippen LogP contribution in [0.25, 0.3) is 22.2 Å². The van der Waals surface area contributed by atoms with E-state index in [1.54, 1.807) is 12.4 Å². The summed E-state index contributed by atoms with van der Waals surface area (Å²) in [6.07, 6.45) is 3.10. The maximum Gasteiger partial charge on any atom is 0.154 e. The predicted molar refractivity (Wildman–Crippen MR) is 102 cm³/mol. The minimum Gasteiger partial charge on any atom is -0.391 e. The van der Waals surface area contributed by atoms with Crippen LogP contribution >= 0.6 is 0 Å². The van der Waals surface area contributed by atoms with E-state index in [4.69, 9.17) is 0 Å². The SMILES string of the molecule is O=C(C[C@H]1NCCC[C@@H]1O)Cn1cnc2cccc(-c3cccc(F)c3)c21. The number of imidazole rings is 1. The number of aliphatic hydroxyl groups excluding tert-OH is 1. The number of benzene rings is 2. The lowest BCUT2D eigenvalue weighted by Crippen LogP contribution is -2.46. The summed E-state index contributed by atoms with van der Waals surface area (Å²) in [6, 6.07) is 11.9. The molecule has 1 aliphatic rings. The van der Waals surface area contributed by atoms with E-state index in [2.05, 4.69) is 10.3 Å². The largest absolute Gasteiger partial charge is 0.391 e. The number of fused-ring (bicyclic) bond motifs is 1. The molecule has 0 unspecified atom stereocenters. The molecule has 3 aromatic rings. The van der Waals surface area contributed by atoms with Crippen molar-refractivity contribution < 1.29 is 14.3 Å². The lowest BCUT2D eigenvalue weighted by atomic mass is 9.97. The van der Waals surface area contributed by atoms with Gasteiger partial charge in [0.05, 0.1) is 30.0 Å². The minimum absolute atomic E-state index is 0.0294. The molecule has 27 heavy (non-hydrogen) atoms. The first kappa shape index (κ1) is 17.8. The zero-order valence-electron chi connectivity index (χ0n) is 14.9. The molecule has 0 bridgehead atoms. The van der Waals surface area contributed by atoms with Gasteiger partial charge in [-0.3, -0.25) is 4.79 Å². The first-order valence-corrected chi connectivity index (χ1v) is 9.25. The van der Waals surface area contributed by atoms with Gasteiger partial charge in [0.25, 0.3) is 0 Å². The van der Waals surface area contributed by atoms with Gasteiger partial charge in [-0.25, -0.2) is 9.37 Å². The van der Waals surface area contributed by atoms with Gasteiger partial charge in [0.15, 0.2) is 5.78 Å². The highest BCUT2D eigenvalue weighted by atomic mass is 19.1. The molecule has 0 amide bonds. The number of nitrogens with zero attached hydrogens (tertiary/aromatic N) is 2. The molecule has 5 nitrogen and oxygen atoms in total. The highest BCUT2D eigenvalue weighted by Gasteiger charge is 2.25. The van der Waals surface area contributed by atoms with Crippen LogP contribution in [-0.2, 0) is 11.3 Å². The normalized spacial score (nSPS) is 20.1. The van der Waals surface area contributed by atoms with Crippen LogP contribution in [0, 0.1) is 5.82 Å². The van der Waals surface area contributed by atoms with Gasteiger partial charge >= 0.3 is 0 Å². The van der Waals surface area contributed by atoms with E-state index in [0.29, 0.717) is 0 Å². The fourth-order valence-electron chi connectivity index (χ4n) is 3.78. The summed E-state index contributed by atoms with van der Waals surface area (Å²) in [6.45, 7) is 1.00. The Morgan fingerprint density at radius 1 is 1.30 bits per heavy atom. The van der Waals surface area contributed by atoms with Gasteiger partial charge in [0.1, 0.15) is 5.82 Å². The molecule has 0 saturated carbocycles. The fourth-order valence-corrected chi connectivity index (χ4v) is 3.78. The average molecular weight is 367 g/mol. The lowest BCUT2D eigenvalue weighted by molar-refractivity contribution is -0.121. The summed E-state index contributed by atoms with van der Waals surface area (Å²) >= 11 is 0. The molecule has 4 rings (SSSR count). The Labute approximate surface area is 156 Å². The zero-order valence-corrected chi connectivity index (χ0v) is 14.9. The third kappa shape index (κ3) is 3.77. The summed E-state index contributed by atoms with van der Waals surface area (Å²) in [7, 11) is 0. The number of nitrogens with one attached hydrogen (secondary N) is 1. The van der Waals surface area contributed by atoms with Crippen molar-refractivity contribution in [1.82, 2.24) is 14.9 Å². The Hall–Kier alpha value is -2.57. The molecule has 1 fully saturated rings. The highest BCUT2D eigenvalue weighted by Crippen LogP contribution is 2.29. The van der Waals surface area contributed by atoms with Crippen molar-refractivity contribution in [2.24, 2.45) is 0 Å². The topological polar surface area (TPSA) is 67.2 Å². The van der Waals surface area contributed by atoms with Crippen molar-refractivity contribution in [1.29, 1.82) is 0 Å². The van der Waals surface area contributed by atoms with Crippen LogP contribution in [0.5, 0.6) is 0 Å². The van der Waals surface area contributed by atoms with Crippen LogP contribution in [0.2, 0.25) is 0 Å². The number of aromatic nitrogens is 2. The number of halogens is 1. The molecule has 1 aliphatic heterocycles. The van der Waals surface area contributed by atoms with Crippen molar-refractivity contribution >= 4 is 16.8 Å². The van der Waals surface area contributed by atoms with E-state index in [9.17, 15) is 14.3 Å². The van der Waals surface area contributed by atoms with Crippen molar-refractivity contribution in [3.8, 4) is 11.1 Å². The van der Waals surface area contributed by atoms with E-state index >= 15 is 0 Å². The minimum atomic E-state index is -0.481. The number of para-hydroxylation sites is 1. The molecular formula is C21H22FN3O2. The Balaban J connectivity index is 1.62.